The lowest BCUT2D eigenvalue weighted by Gasteiger charge is -2.18. The number of carbonyl (C=O) groups is 2. The topological polar surface area (TPSA) is 94.3 Å². The van der Waals surface area contributed by atoms with Crippen molar-refractivity contribution in [1.82, 2.24) is 10.3 Å². The summed E-state index contributed by atoms with van der Waals surface area (Å²) in [5.41, 5.74) is 6.23. The predicted molar refractivity (Wildman–Crippen MR) is 82.8 cm³/mol. The standard InChI is InChI=1S/C14H19N3O3S/c1-8(2)6-11(14(19)20-3)17-13(18)10-5-4-9(7-16-10)12(15)21/h4-5,7-8,11H,6H2,1-3H3,(H2,15,21)(H,17,18). The summed E-state index contributed by atoms with van der Waals surface area (Å²) in [7, 11) is 1.29. The van der Waals surface area contributed by atoms with Crippen LogP contribution in [0.15, 0.2) is 18.3 Å². The molecule has 0 aliphatic carbocycles. The Labute approximate surface area is 129 Å². The van der Waals surface area contributed by atoms with Crippen LogP contribution in [0, 0.1) is 5.92 Å². The van der Waals surface area contributed by atoms with E-state index >= 15 is 0 Å². The van der Waals surface area contributed by atoms with E-state index in [0.29, 0.717) is 12.0 Å². The van der Waals surface area contributed by atoms with Crippen molar-refractivity contribution in [1.29, 1.82) is 0 Å². The van der Waals surface area contributed by atoms with Gasteiger partial charge in [-0.2, -0.15) is 0 Å². The molecule has 7 heteroatoms. The van der Waals surface area contributed by atoms with Crippen LogP contribution in [0.25, 0.3) is 0 Å². The molecule has 1 aromatic rings. The van der Waals surface area contributed by atoms with E-state index in [9.17, 15) is 9.59 Å². The van der Waals surface area contributed by atoms with Gasteiger partial charge < -0.3 is 15.8 Å². The highest BCUT2D eigenvalue weighted by molar-refractivity contribution is 7.80. The molecule has 0 spiro atoms. The number of pyridine rings is 1. The summed E-state index contributed by atoms with van der Waals surface area (Å²) >= 11 is 4.81. The first-order valence-electron chi connectivity index (χ1n) is 6.49. The molecule has 0 aliphatic rings. The van der Waals surface area contributed by atoms with Crippen molar-refractivity contribution in [2.75, 3.05) is 7.11 Å². The van der Waals surface area contributed by atoms with Crippen LogP contribution in [-0.2, 0) is 9.53 Å². The van der Waals surface area contributed by atoms with Gasteiger partial charge >= 0.3 is 5.97 Å². The first kappa shape index (κ1) is 17.0. The van der Waals surface area contributed by atoms with Crippen LogP contribution in [-0.4, -0.2) is 35.0 Å². The molecule has 0 radical (unpaired) electrons. The van der Waals surface area contributed by atoms with Crippen LogP contribution in [0.4, 0.5) is 0 Å². The van der Waals surface area contributed by atoms with Crippen molar-refractivity contribution in [2.45, 2.75) is 26.3 Å². The number of nitrogens with one attached hydrogen (secondary N) is 1. The van der Waals surface area contributed by atoms with Gasteiger partial charge in [-0.15, -0.1) is 0 Å². The monoisotopic (exact) mass is 309 g/mol. The zero-order chi connectivity index (χ0) is 16.0. The Morgan fingerprint density at radius 1 is 1.43 bits per heavy atom. The summed E-state index contributed by atoms with van der Waals surface area (Å²) in [5.74, 6) is -0.684. The van der Waals surface area contributed by atoms with Crippen molar-refractivity contribution in [2.24, 2.45) is 11.7 Å². The SMILES string of the molecule is COC(=O)C(CC(C)C)NC(=O)c1ccc(C(N)=S)cn1. The maximum atomic E-state index is 12.1. The Morgan fingerprint density at radius 3 is 2.52 bits per heavy atom. The maximum absolute atomic E-state index is 12.1. The second-order valence-corrected chi connectivity index (χ2v) is 5.41. The Kier molecular flexibility index (Phi) is 6.23. The zero-order valence-corrected chi connectivity index (χ0v) is 13.1. The van der Waals surface area contributed by atoms with E-state index in [1.54, 1.807) is 6.07 Å². The van der Waals surface area contributed by atoms with Gasteiger partial charge in [-0.3, -0.25) is 9.78 Å². The molecule has 1 amide bonds. The highest BCUT2D eigenvalue weighted by atomic mass is 32.1. The molecular formula is C14H19N3O3S. The van der Waals surface area contributed by atoms with Crippen molar-refractivity contribution < 1.29 is 14.3 Å². The smallest absolute Gasteiger partial charge is 0.328 e. The van der Waals surface area contributed by atoms with Crippen LogP contribution in [0.1, 0.15) is 36.3 Å². The molecule has 21 heavy (non-hydrogen) atoms. The fourth-order valence-corrected chi connectivity index (χ4v) is 1.85. The Morgan fingerprint density at radius 2 is 2.10 bits per heavy atom. The largest absolute Gasteiger partial charge is 0.467 e. The average molecular weight is 309 g/mol. The molecule has 3 N–H and O–H groups in total. The molecule has 1 rings (SSSR count). The van der Waals surface area contributed by atoms with Gasteiger partial charge in [0.25, 0.3) is 5.91 Å². The first-order chi connectivity index (χ1) is 9.85. The molecule has 0 saturated heterocycles. The van der Waals surface area contributed by atoms with E-state index in [1.807, 2.05) is 13.8 Å². The molecule has 114 valence electrons. The van der Waals surface area contributed by atoms with E-state index < -0.39 is 17.9 Å². The fourth-order valence-electron chi connectivity index (χ4n) is 1.73. The van der Waals surface area contributed by atoms with Crippen molar-refractivity contribution in [3.63, 3.8) is 0 Å². The Bertz CT molecular complexity index is 529. The van der Waals surface area contributed by atoms with Gasteiger partial charge in [0.1, 0.15) is 16.7 Å². The third-order valence-corrected chi connectivity index (χ3v) is 3.01. The van der Waals surface area contributed by atoms with Crippen LogP contribution in [0.2, 0.25) is 0 Å². The molecule has 1 atom stereocenters. The highest BCUT2D eigenvalue weighted by Gasteiger charge is 2.23. The van der Waals surface area contributed by atoms with E-state index in [2.05, 4.69) is 10.3 Å². The molecule has 0 aromatic carbocycles. The number of aromatic nitrogens is 1. The molecule has 0 fully saturated rings. The number of methoxy groups -OCH3 is 1. The minimum absolute atomic E-state index is 0.188. The number of nitrogens with two attached hydrogens (primary N) is 1. The summed E-state index contributed by atoms with van der Waals surface area (Å²) in [5, 5.41) is 2.62. The van der Waals surface area contributed by atoms with E-state index in [4.69, 9.17) is 22.7 Å². The van der Waals surface area contributed by atoms with Gasteiger partial charge in [0.2, 0.25) is 0 Å². The molecule has 1 aromatic heterocycles. The maximum Gasteiger partial charge on any atom is 0.328 e. The number of carbonyl (C=O) groups excluding carboxylic acids is 2. The summed E-state index contributed by atoms with van der Waals surface area (Å²) in [6.45, 7) is 3.91. The van der Waals surface area contributed by atoms with E-state index in [0.717, 1.165) is 0 Å². The minimum atomic E-state index is -0.695. The number of amides is 1. The third kappa shape index (κ3) is 5.11. The molecule has 0 aliphatic heterocycles. The van der Waals surface area contributed by atoms with Crippen LogP contribution in [0.3, 0.4) is 0 Å². The number of hydrogen-bond donors (Lipinski definition) is 2. The summed E-state index contributed by atoms with van der Waals surface area (Å²) in [6, 6.07) is 2.42. The zero-order valence-electron chi connectivity index (χ0n) is 12.3. The quantitative estimate of drug-likeness (QED) is 0.602. The van der Waals surface area contributed by atoms with Gasteiger partial charge in [0.15, 0.2) is 0 Å². The second-order valence-electron chi connectivity index (χ2n) is 4.98. The summed E-state index contributed by atoms with van der Waals surface area (Å²) in [6.07, 6.45) is 1.91. The van der Waals surface area contributed by atoms with Gasteiger partial charge in [0, 0.05) is 11.8 Å². The van der Waals surface area contributed by atoms with Crippen molar-refractivity contribution >= 4 is 29.1 Å². The molecule has 0 bridgehead atoms. The highest BCUT2D eigenvalue weighted by Crippen LogP contribution is 2.08. The third-order valence-electron chi connectivity index (χ3n) is 2.78. The summed E-state index contributed by atoms with van der Waals surface area (Å²) < 4.78 is 4.69. The number of hydrogen-bond acceptors (Lipinski definition) is 5. The molecule has 0 saturated carbocycles. The molecule has 1 heterocycles. The number of esters is 1. The number of thiocarbonyl (C=S) groups is 1. The lowest BCUT2D eigenvalue weighted by Crippen LogP contribution is -2.42. The minimum Gasteiger partial charge on any atom is -0.467 e. The normalized spacial score (nSPS) is 11.8. The van der Waals surface area contributed by atoms with Crippen molar-refractivity contribution in [3.8, 4) is 0 Å². The fraction of sp³-hybridized carbons (Fsp3) is 0.429. The van der Waals surface area contributed by atoms with Gasteiger partial charge in [-0.25, -0.2) is 4.79 Å². The molecule has 1 unspecified atom stereocenters. The number of ether oxygens (including phenoxy) is 1. The van der Waals surface area contributed by atoms with Gasteiger partial charge in [-0.05, 0) is 24.5 Å². The van der Waals surface area contributed by atoms with Gasteiger partial charge in [0.05, 0.1) is 7.11 Å². The Balaban J connectivity index is 2.81. The number of rotatable bonds is 6. The number of nitrogens with zero attached hydrogens (tertiary/aromatic N) is 1. The summed E-state index contributed by atoms with van der Waals surface area (Å²) in [4.78, 5) is 28.0. The van der Waals surface area contributed by atoms with Crippen molar-refractivity contribution in [3.05, 3.63) is 29.6 Å². The van der Waals surface area contributed by atoms with E-state index in [-0.39, 0.29) is 16.6 Å². The molecule has 6 nitrogen and oxygen atoms in total. The Hall–Kier alpha value is -2.02. The second kappa shape index (κ2) is 7.68. The van der Waals surface area contributed by atoms with Crippen LogP contribution >= 0.6 is 12.2 Å². The lowest BCUT2D eigenvalue weighted by molar-refractivity contribution is -0.143. The van der Waals surface area contributed by atoms with Crippen LogP contribution < -0.4 is 11.1 Å². The average Bonchev–Trinajstić information content (AvgIpc) is 2.45. The first-order valence-corrected chi connectivity index (χ1v) is 6.90. The van der Waals surface area contributed by atoms with Gasteiger partial charge in [-0.1, -0.05) is 26.1 Å². The molecular weight excluding hydrogens is 290 g/mol. The van der Waals surface area contributed by atoms with Crippen LogP contribution in [0.5, 0.6) is 0 Å². The predicted octanol–water partition coefficient (Wildman–Crippen LogP) is 1.03. The van der Waals surface area contributed by atoms with E-state index in [1.165, 1.54) is 19.4 Å². The lowest BCUT2D eigenvalue weighted by atomic mass is 10.0.